The summed E-state index contributed by atoms with van der Waals surface area (Å²) in [6.45, 7) is 3.01. The molecule has 2 rings (SSSR count). The molecular weight excluding hydrogens is 263 g/mol. The van der Waals surface area contributed by atoms with Gasteiger partial charge in [-0.25, -0.2) is 4.39 Å². The molecular formula is C18H23FN2. The Kier molecular flexibility index (Phi) is 5.34. The predicted octanol–water partition coefficient (Wildman–Crippen LogP) is 3.93. The summed E-state index contributed by atoms with van der Waals surface area (Å²) in [5.41, 5.74) is 3.11. The number of nitrogens with one attached hydrogen (secondary N) is 1. The number of anilines is 1. The van der Waals surface area contributed by atoms with Crippen LogP contribution in [0.15, 0.2) is 48.5 Å². The lowest BCUT2D eigenvalue weighted by molar-refractivity contribution is 0.402. The second-order valence-electron chi connectivity index (χ2n) is 5.78. The zero-order chi connectivity index (χ0) is 15.2. The molecule has 21 heavy (non-hydrogen) atoms. The number of hydrogen-bond acceptors (Lipinski definition) is 2. The Bertz CT molecular complexity index is 564. The summed E-state index contributed by atoms with van der Waals surface area (Å²) in [5, 5.41) is 3.42. The first kappa shape index (κ1) is 15.5. The van der Waals surface area contributed by atoms with Crippen LogP contribution in [0, 0.1) is 5.82 Å². The molecule has 0 aromatic heterocycles. The monoisotopic (exact) mass is 286 g/mol. The highest BCUT2D eigenvalue weighted by Gasteiger charge is 2.07. The van der Waals surface area contributed by atoms with Crippen LogP contribution >= 0.6 is 0 Å². The van der Waals surface area contributed by atoms with Crippen molar-refractivity contribution in [2.24, 2.45) is 0 Å². The summed E-state index contributed by atoms with van der Waals surface area (Å²) in [7, 11) is 4.12. The van der Waals surface area contributed by atoms with Crippen molar-refractivity contribution in [1.29, 1.82) is 0 Å². The fourth-order valence-electron chi connectivity index (χ4n) is 2.40. The summed E-state index contributed by atoms with van der Waals surface area (Å²) < 4.78 is 13.6. The molecule has 2 aromatic carbocycles. The summed E-state index contributed by atoms with van der Waals surface area (Å²) >= 11 is 0. The molecule has 1 atom stereocenters. The Labute approximate surface area is 126 Å². The average Bonchev–Trinajstić information content (AvgIpc) is 2.43. The molecule has 2 aromatic rings. The van der Waals surface area contributed by atoms with Crippen LogP contribution in [0.3, 0.4) is 0 Å². The molecule has 0 saturated heterocycles. The SMILES string of the molecule is CC(Cc1ccccc1F)Nc1ccc(CN(C)C)cc1. The van der Waals surface area contributed by atoms with E-state index in [1.807, 2.05) is 12.1 Å². The molecule has 112 valence electrons. The Balaban J connectivity index is 1.93. The van der Waals surface area contributed by atoms with Crippen molar-refractivity contribution in [1.82, 2.24) is 4.90 Å². The van der Waals surface area contributed by atoms with Crippen molar-refractivity contribution in [3.63, 3.8) is 0 Å². The lowest BCUT2D eigenvalue weighted by Gasteiger charge is -2.16. The molecule has 0 aliphatic carbocycles. The first-order valence-corrected chi connectivity index (χ1v) is 7.28. The van der Waals surface area contributed by atoms with Gasteiger partial charge in [0.05, 0.1) is 0 Å². The normalized spacial score (nSPS) is 12.4. The van der Waals surface area contributed by atoms with E-state index in [9.17, 15) is 4.39 Å². The predicted molar refractivity (Wildman–Crippen MR) is 87.0 cm³/mol. The maximum absolute atomic E-state index is 13.6. The van der Waals surface area contributed by atoms with Gasteiger partial charge in [0.15, 0.2) is 0 Å². The highest BCUT2D eigenvalue weighted by molar-refractivity contribution is 5.45. The largest absolute Gasteiger partial charge is 0.382 e. The molecule has 0 heterocycles. The van der Waals surface area contributed by atoms with Gasteiger partial charge in [0, 0.05) is 18.3 Å². The summed E-state index contributed by atoms with van der Waals surface area (Å²) in [6.07, 6.45) is 0.673. The first-order valence-electron chi connectivity index (χ1n) is 7.28. The van der Waals surface area contributed by atoms with Gasteiger partial charge in [-0.1, -0.05) is 30.3 Å². The van der Waals surface area contributed by atoms with Gasteiger partial charge in [-0.05, 0) is 56.8 Å². The lowest BCUT2D eigenvalue weighted by atomic mass is 10.1. The lowest BCUT2D eigenvalue weighted by Crippen LogP contribution is -2.18. The number of nitrogens with zero attached hydrogens (tertiary/aromatic N) is 1. The van der Waals surface area contributed by atoms with Gasteiger partial charge < -0.3 is 10.2 Å². The van der Waals surface area contributed by atoms with Crippen LogP contribution in [0.5, 0.6) is 0 Å². The number of halogens is 1. The minimum atomic E-state index is -0.132. The van der Waals surface area contributed by atoms with Crippen LogP contribution in [0.1, 0.15) is 18.1 Å². The van der Waals surface area contributed by atoms with Crippen molar-refractivity contribution in [3.8, 4) is 0 Å². The smallest absolute Gasteiger partial charge is 0.126 e. The topological polar surface area (TPSA) is 15.3 Å². The van der Waals surface area contributed by atoms with Crippen LogP contribution in [0.4, 0.5) is 10.1 Å². The van der Waals surface area contributed by atoms with E-state index in [0.717, 1.165) is 17.8 Å². The highest BCUT2D eigenvalue weighted by Crippen LogP contribution is 2.15. The maximum Gasteiger partial charge on any atom is 0.126 e. The molecule has 0 bridgehead atoms. The molecule has 0 radical (unpaired) electrons. The Morgan fingerprint density at radius 2 is 1.71 bits per heavy atom. The molecule has 3 heteroatoms. The van der Waals surface area contributed by atoms with Crippen LogP contribution in [-0.4, -0.2) is 25.0 Å². The molecule has 0 saturated carbocycles. The third-order valence-electron chi connectivity index (χ3n) is 3.35. The van der Waals surface area contributed by atoms with Gasteiger partial charge in [-0.15, -0.1) is 0 Å². The number of benzene rings is 2. The van der Waals surface area contributed by atoms with E-state index < -0.39 is 0 Å². The second kappa shape index (κ2) is 7.23. The fourth-order valence-corrected chi connectivity index (χ4v) is 2.40. The third kappa shape index (κ3) is 4.87. The van der Waals surface area contributed by atoms with Crippen LogP contribution in [0.2, 0.25) is 0 Å². The molecule has 2 nitrogen and oxygen atoms in total. The van der Waals surface area contributed by atoms with E-state index in [4.69, 9.17) is 0 Å². The van der Waals surface area contributed by atoms with Crippen LogP contribution < -0.4 is 5.32 Å². The van der Waals surface area contributed by atoms with Crippen LogP contribution in [-0.2, 0) is 13.0 Å². The quantitative estimate of drug-likeness (QED) is 0.865. The van der Waals surface area contributed by atoms with Crippen molar-refractivity contribution in [3.05, 3.63) is 65.5 Å². The zero-order valence-corrected chi connectivity index (χ0v) is 12.9. The van der Waals surface area contributed by atoms with E-state index in [2.05, 4.69) is 55.5 Å². The van der Waals surface area contributed by atoms with Gasteiger partial charge in [0.2, 0.25) is 0 Å². The fraction of sp³-hybridized carbons (Fsp3) is 0.333. The van der Waals surface area contributed by atoms with Gasteiger partial charge >= 0.3 is 0 Å². The van der Waals surface area contributed by atoms with E-state index in [-0.39, 0.29) is 11.9 Å². The first-order chi connectivity index (χ1) is 10.0. The Hall–Kier alpha value is -1.87. The van der Waals surface area contributed by atoms with Crippen molar-refractivity contribution in [2.75, 3.05) is 19.4 Å². The van der Waals surface area contributed by atoms with E-state index in [0.29, 0.717) is 6.42 Å². The van der Waals surface area contributed by atoms with E-state index in [1.54, 1.807) is 6.07 Å². The maximum atomic E-state index is 13.6. The van der Waals surface area contributed by atoms with Gasteiger partial charge in [0.25, 0.3) is 0 Å². The average molecular weight is 286 g/mol. The summed E-state index contributed by atoms with van der Waals surface area (Å²) in [6, 6.07) is 15.5. The second-order valence-corrected chi connectivity index (χ2v) is 5.78. The molecule has 0 fully saturated rings. The molecule has 1 N–H and O–H groups in total. The van der Waals surface area contributed by atoms with Gasteiger partial charge in [0.1, 0.15) is 5.82 Å². The Morgan fingerprint density at radius 3 is 2.33 bits per heavy atom. The highest BCUT2D eigenvalue weighted by atomic mass is 19.1. The minimum absolute atomic E-state index is 0.132. The van der Waals surface area contributed by atoms with Crippen molar-refractivity contribution < 1.29 is 4.39 Å². The number of hydrogen-bond donors (Lipinski definition) is 1. The van der Waals surface area contributed by atoms with E-state index >= 15 is 0 Å². The van der Waals surface area contributed by atoms with E-state index in [1.165, 1.54) is 11.6 Å². The Morgan fingerprint density at radius 1 is 1.05 bits per heavy atom. The standard InChI is InChI=1S/C18H23FN2/c1-14(12-16-6-4-5-7-18(16)19)20-17-10-8-15(9-11-17)13-21(2)3/h4-11,14,20H,12-13H2,1-3H3. The molecule has 1 unspecified atom stereocenters. The molecule has 0 aliphatic rings. The minimum Gasteiger partial charge on any atom is -0.382 e. The third-order valence-corrected chi connectivity index (χ3v) is 3.35. The number of rotatable bonds is 6. The molecule has 0 amide bonds. The zero-order valence-electron chi connectivity index (χ0n) is 12.9. The molecule has 0 spiro atoms. The van der Waals surface area contributed by atoms with Crippen molar-refractivity contribution in [2.45, 2.75) is 25.9 Å². The summed E-state index contributed by atoms with van der Waals surface area (Å²) in [4.78, 5) is 2.14. The molecule has 0 aliphatic heterocycles. The van der Waals surface area contributed by atoms with Gasteiger partial charge in [-0.2, -0.15) is 0 Å². The summed E-state index contributed by atoms with van der Waals surface area (Å²) in [5.74, 6) is -0.132. The van der Waals surface area contributed by atoms with Crippen LogP contribution in [0.25, 0.3) is 0 Å². The van der Waals surface area contributed by atoms with Crippen molar-refractivity contribution >= 4 is 5.69 Å². The van der Waals surface area contributed by atoms with Gasteiger partial charge in [-0.3, -0.25) is 0 Å².